The number of nitrogens with one attached hydrogen (secondary N) is 1. The smallest absolute Gasteiger partial charge is 0.220 e. The Labute approximate surface area is 106 Å². The molecule has 0 aromatic carbocycles. The lowest BCUT2D eigenvalue weighted by Crippen LogP contribution is -2.39. The molecule has 1 fully saturated rings. The van der Waals surface area contributed by atoms with E-state index in [2.05, 4.69) is 26.1 Å². The summed E-state index contributed by atoms with van der Waals surface area (Å²) in [5, 5.41) is 3.15. The van der Waals surface area contributed by atoms with Gasteiger partial charge in [0, 0.05) is 12.5 Å². The highest BCUT2D eigenvalue weighted by Gasteiger charge is 2.27. The molecule has 0 aromatic rings. The van der Waals surface area contributed by atoms with Gasteiger partial charge in [-0.1, -0.05) is 27.2 Å². The quantitative estimate of drug-likeness (QED) is 0.775. The SMILES string of the molecule is CC(C)(C)CCCC(=O)NC1CCCC1CN. The van der Waals surface area contributed by atoms with Crippen LogP contribution in [0.4, 0.5) is 0 Å². The van der Waals surface area contributed by atoms with E-state index in [0.29, 0.717) is 30.3 Å². The van der Waals surface area contributed by atoms with Gasteiger partial charge < -0.3 is 11.1 Å². The average molecular weight is 240 g/mol. The first-order valence-electron chi connectivity index (χ1n) is 6.92. The van der Waals surface area contributed by atoms with Crippen molar-refractivity contribution in [3.05, 3.63) is 0 Å². The molecule has 1 saturated carbocycles. The molecule has 3 nitrogen and oxygen atoms in total. The first-order valence-corrected chi connectivity index (χ1v) is 6.92. The van der Waals surface area contributed by atoms with Gasteiger partial charge >= 0.3 is 0 Å². The average Bonchev–Trinajstić information content (AvgIpc) is 2.63. The fourth-order valence-electron chi connectivity index (χ4n) is 2.57. The van der Waals surface area contributed by atoms with Crippen molar-refractivity contribution in [2.75, 3.05) is 6.54 Å². The van der Waals surface area contributed by atoms with Crippen molar-refractivity contribution < 1.29 is 4.79 Å². The van der Waals surface area contributed by atoms with E-state index in [1.807, 2.05) is 0 Å². The van der Waals surface area contributed by atoms with Crippen LogP contribution >= 0.6 is 0 Å². The zero-order valence-electron chi connectivity index (χ0n) is 11.6. The van der Waals surface area contributed by atoms with Crippen molar-refractivity contribution in [2.45, 2.75) is 65.3 Å². The fraction of sp³-hybridized carbons (Fsp3) is 0.929. The largest absolute Gasteiger partial charge is 0.353 e. The van der Waals surface area contributed by atoms with Crippen LogP contribution in [0.5, 0.6) is 0 Å². The van der Waals surface area contributed by atoms with Gasteiger partial charge in [0.05, 0.1) is 0 Å². The topological polar surface area (TPSA) is 55.1 Å². The van der Waals surface area contributed by atoms with Crippen molar-refractivity contribution in [2.24, 2.45) is 17.1 Å². The highest BCUT2D eigenvalue weighted by Crippen LogP contribution is 2.25. The second-order valence-corrected chi connectivity index (χ2v) is 6.51. The number of nitrogens with two attached hydrogens (primary N) is 1. The number of hydrogen-bond acceptors (Lipinski definition) is 2. The Morgan fingerprint density at radius 1 is 1.35 bits per heavy atom. The molecule has 0 aliphatic heterocycles. The van der Waals surface area contributed by atoms with Crippen LogP contribution in [-0.2, 0) is 4.79 Å². The monoisotopic (exact) mass is 240 g/mol. The minimum Gasteiger partial charge on any atom is -0.353 e. The van der Waals surface area contributed by atoms with E-state index in [1.54, 1.807) is 0 Å². The number of amides is 1. The highest BCUT2D eigenvalue weighted by molar-refractivity contribution is 5.76. The maximum atomic E-state index is 11.8. The molecule has 2 atom stereocenters. The summed E-state index contributed by atoms with van der Waals surface area (Å²) in [5.74, 6) is 0.709. The van der Waals surface area contributed by atoms with Gasteiger partial charge in [-0.3, -0.25) is 4.79 Å². The van der Waals surface area contributed by atoms with Gasteiger partial charge in [0.25, 0.3) is 0 Å². The van der Waals surface area contributed by atoms with Crippen LogP contribution in [-0.4, -0.2) is 18.5 Å². The lowest BCUT2D eigenvalue weighted by Gasteiger charge is -2.20. The van der Waals surface area contributed by atoms with Crippen LogP contribution in [0.1, 0.15) is 59.3 Å². The molecule has 0 bridgehead atoms. The third-order valence-corrected chi connectivity index (χ3v) is 3.64. The zero-order valence-corrected chi connectivity index (χ0v) is 11.6. The molecule has 1 rings (SSSR count). The predicted octanol–water partition coefficient (Wildman–Crippen LogP) is 2.45. The summed E-state index contributed by atoms with van der Waals surface area (Å²) in [6.07, 6.45) is 6.22. The third kappa shape index (κ3) is 5.53. The van der Waals surface area contributed by atoms with Gasteiger partial charge in [-0.2, -0.15) is 0 Å². The van der Waals surface area contributed by atoms with Crippen molar-refractivity contribution >= 4 is 5.91 Å². The lowest BCUT2D eigenvalue weighted by atomic mass is 9.90. The minimum absolute atomic E-state index is 0.208. The Hall–Kier alpha value is -0.570. The maximum absolute atomic E-state index is 11.8. The molecule has 1 amide bonds. The molecule has 3 N–H and O–H groups in total. The predicted molar refractivity (Wildman–Crippen MR) is 71.6 cm³/mol. The molecular weight excluding hydrogens is 212 g/mol. The van der Waals surface area contributed by atoms with E-state index < -0.39 is 0 Å². The Balaban J connectivity index is 2.21. The Morgan fingerprint density at radius 2 is 2.06 bits per heavy atom. The summed E-state index contributed by atoms with van der Waals surface area (Å²) < 4.78 is 0. The van der Waals surface area contributed by atoms with Crippen molar-refractivity contribution in [3.8, 4) is 0 Å². The lowest BCUT2D eigenvalue weighted by molar-refractivity contribution is -0.122. The molecule has 3 heteroatoms. The van der Waals surface area contributed by atoms with E-state index in [0.717, 1.165) is 19.3 Å². The summed E-state index contributed by atoms with van der Waals surface area (Å²) in [4.78, 5) is 11.8. The molecule has 100 valence electrons. The summed E-state index contributed by atoms with van der Waals surface area (Å²) in [6.45, 7) is 7.35. The first kappa shape index (κ1) is 14.5. The van der Waals surface area contributed by atoms with Crippen molar-refractivity contribution in [3.63, 3.8) is 0 Å². The number of carbonyl (C=O) groups excluding carboxylic acids is 1. The molecule has 0 radical (unpaired) electrons. The van der Waals surface area contributed by atoms with E-state index in [4.69, 9.17) is 5.73 Å². The summed E-state index contributed by atoms with van der Waals surface area (Å²) in [7, 11) is 0. The maximum Gasteiger partial charge on any atom is 0.220 e. The van der Waals surface area contributed by atoms with E-state index in [9.17, 15) is 4.79 Å². The van der Waals surface area contributed by atoms with E-state index >= 15 is 0 Å². The molecule has 17 heavy (non-hydrogen) atoms. The van der Waals surface area contributed by atoms with Gasteiger partial charge in [0.2, 0.25) is 5.91 Å². The van der Waals surface area contributed by atoms with Gasteiger partial charge in [-0.05, 0) is 43.6 Å². The summed E-state index contributed by atoms with van der Waals surface area (Å²) >= 11 is 0. The van der Waals surface area contributed by atoms with Crippen molar-refractivity contribution in [1.29, 1.82) is 0 Å². The van der Waals surface area contributed by atoms with Crippen LogP contribution in [0.2, 0.25) is 0 Å². The second-order valence-electron chi connectivity index (χ2n) is 6.51. The van der Waals surface area contributed by atoms with Crippen molar-refractivity contribution in [1.82, 2.24) is 5.32 Å². The Bertz CT molecular complexity index is 245. The van der Waals surface area contributed by atoms with Gasteiger partial charge in [-0.15, -0.1) is 0 Å². The van der Waals surface area contributed by atoms with Crippen LogP contribution in [0.3, 0.4) is 0 Å². The van der Waals surface area contributed by atoms with Crippen LogP contribution in [0.15, 0.2) is 0 Å². The molecule has 0 saturated heterocycles. The van der Waals surface area contributed by atoms with Gasteiger partial charge in [0.15, 0.2) is 0 Å². The number of carbonyl (C=O) groups is 1. The van der Waals surface area contributed by atoms with E-state index in [-0.39, 0.29) is 5.91 Å². The zero-order chi connectivity index (χ0) is 12.9. The molecule has 0 aromatic heterocycles. The third-order valence-electron chi connectivity index (χ3n) is 3.64. The summed E-state index contributed by atoms with van der Waals surface area (Å²) in [5.41, 5.74) is 6.03. The van der Waals surface area contributed by atoms with Crippen LogP contribution in [0, 0.1) is 11.3 Å². The molecule has 2 unspecified atom stereocenters. The molecule has 0 spiro atoms. The van der Waals surface area contributed by atoms with Gasteiger partial charge in [-0.25, -0.2) is 0 Å². The molecule has 1 aliphatic rings. The highest BCUT2D eigenvalue weighted by atomic mass is 16.1. The Kier molecular flexibility index (Phi) is 5.44. The van der Waals surface area contributed by atoms with E-state index in [1.165, 1.54) is 12.8 Å². The van der Waals surface area contributed by atoms with Crippen LogP contribution < -0.4 is 11.1 Å². The second kappa shape index (κ2) is 6.39. The molecule has 1 aliphatic carbocycles. The fourth-order valence-corrected chi connectivity index (χ4v) is 2.57. The minimum atomic E-state index is 0.208. The van der Waals surface area contributed by atoms with Gasteiger partial charge in [0.1, 0.15) is 0 Å². The summed E-state index contributed by atoms with van der Waals surface area (Å²) in [6, 6.07) is 0.335. The Morgan fingerprint density at radius 3 is 2.65 bits per heavy atom. The first-order chi connectivity index (χ1) is 7.92. The normalized spacial score (nSPS) is 24.9. The number of hydrogen-bond donors (Lipinski definition) is 2. The molecular formula is C14H28N2O. The number of rotatable bonds is 5. The molecule has 0 heterocycles. The van der Waals surface area contributed by atoms with Crippen LogP contribution in [0.25, 0.3) is 0 Å². The standard InChI is InChI=1S/C14H28N2O/c1-14(2,3)9-5-8-13(17)16-12-7-4-6-11(12)10-15/h11-12H,4-10,15H2,1-3H3,(H,16,17).